The Kier molecular flexibility index (Phi) is 11.7. The number of benzene rings is 1. The lowest BCUT2D eigenvalue weighted by molar-refractivity contribution is -0.142. The van der Waals surface area contributed by atoms with Crippen LogP contribution in [0.5, 0.6) is 0 Å². The number of nitrogens with zero attached hydrogens (tertiary/aromatic N) is 5. The van der Waals surface area contributed by atoms with Crippen molar-refractivity contribution in [3.8, 4) is 11.3 Å². The van der Waals surface area contributed by atoms with Crippen LogP contribution in [0.15, 0.2) is 36.5 Å². The minimum atomic E-state index is -1.78. The van der Waals surface area contributed by atoms with Crippen molar-refractivity contribution in [3.05, 3.63) is 53.6 Å². The van der Waals surface area contributed by atoms with Crippen molar-refractivity contribution in [2.24, 2.45) is 11.8 Å². The number of aliphatic hydroxyl groups excluding tert-OH is 5. The summed E-state index contributed by atoms with van der Waals surface area (Å²) in [5.74, 6) is -1.64. The maximum absolute atomic E-state index is 14.0. The number of hydrogen-bond donors (Lipinski definition) is 6. The van der Waals surface area contributed by atoms with Gasteiger partial charge in [0.05, 0.1) is 30.1 Å². The van der Waals surface area contributed by atoms with Gasteiger partial charge < -0.3 is 40.6 Å². The minimum Gasteiger partial charge on any atom is -0.394 e. The van der Waals surface area contributed by atoms with Gasteiger partial charge in [0, 0.05) is 49.1 Å². The van der Waals surface area contributed by atoms with E-state index in [1.165, 1.54) is 12.1 Å². The van der Waals surface area contributed by atoms with E-state index < -0.39 is 42.5 Å². The Morgan fingerprint density at radius 1 is 0.962 bits per heavy atom. The molecule has 284 valence electrons. The zero-order valence-corrected chi connectivity index (χ0v) is 30.4. The molecule has 52 heavy (non-hydrogen) atoms. The van der Waals surface area contributed by atoms with Crippen LogP contribution in [0.3, 0.4) is 0 Å². The zero-order chi connectivity index (χ0) is 38.1. The fourth-order valence-electron chi connectivity index (χ4n) is 7.15. The fraction of sp³-hybridized carbons (Fsp3) is 0.595. The Bertz CT molecular complexity index is 1750. The SMILES string of the molecule is CC(C)(C)c1cc(-c2ccc(F)cc2)nn2cc(C(=O)N3CCN(C(=O)C4CCC(C(=O)NC[C@H](O)[C@@H](O)[C@H](O)[C@H](O)CO)CC4)CC3(C)C)nc12. The Morgan fingerprint density at radius 2 is 1.58 bits per heavy atom. The molecule has 4 atom stereocenters. The summed E-state index contributed by atoms with van der Waals surface area (Å²) in [6, 6.07) is 8.01. The molecular formula is C37H51FN6O8. The summed E-state index contributed by atoms with van der Waals surface area (Å²) in [5, 5.41) is 55.6. The summed E-state index contributed by atoms with van der Waals surface area (Å²) < 4.78 is 15.2. The molecule has 3 heterocycles. The van der Waals surface area contributed by atoms with Gasteiger partial charge in [0.25, 0.3) is 5.91 Å². The van der Waals surface area contributed by atoms with Crippen molar-refractivity contribution in [2.75, 3.05) is 32.8 Å². The lowest BCUT2D eigenvalue weighted by atomic mass is 9.80. The van der Waals surface area contributed by atoms with Crippen LogP contribution in [0.25, 0.3) is 16.9 Å². The summed E-state index contributed by atoms with van der Waals surface area (Å²) >= 11 is 0. The predicted octanol–water partition coefficient (Wildman–Crippen LogP) is 1.25. The van der Waals surface area contributed by atoms with Gasteiger partial charge in [-0.1, -0.05) is 20.8 Å². The van der Waals surface area contributed by atoms with Crippen molar-refractivity contribution < 1.29 is 44.3 Å². The first kappa shape index (κ1) is 39.2. The van der Waals surface area contributed by atoms with E-state index >= 15 is 0 Å². The van der Waals surface area contributed by atoms with Crippen molar-refractivity contribution in [3.63, 3.8) is 0 Å². The average molecular weight is 727 g/mol. The molecule has 2 aromatic heterocycles. The summed E-state index contributed by atoms with van der Waals surface area (Å²) in [6.07, 6.45) is -3.22. The molecule has 3 aromatic rings. The van der Waals surface area contributed by atoms with Crippen LogP contribution in [0.1, 0.15) is 76.4 Å². The number of rotatable bonds is 10. The van der Waals surface area contributed by atoms with E-state index in [1.807, 2.05) is 19.9 Å². The van der Waals surface area contributed by atoms with Gasteiger partial charge in [-0.3, -0.25) is 14.4 Å². The van der Waals surface area contributed by atoms with Crippen molar-refractivity contribution >= 4 is 23.4 Å². The molecule has 2 fully saturated rings. The van der Waals surface area contributed by atoms with Crippen molar-refractivity contribution in [2.45, 2.75) is 95.7 Å². The summed E-state index contributed by atoms with van der Waals surface area (Å²) in [6.45, 7) is 9.81. The lowest BCUT2D eigenvalue weighted by Crippen LogP contribution is -2.62. The third kappa shape index (κ3) is 8.44. The van der Waals surface area contributed by atoms with E-state index in [-0.39, 0.29) is 47.1 Å². The van der Waals surface area contributed by atoms with Crippen LogP contribution in [0.4, 0.5) is 4.39 Å². The highest BCUT2D eigenvalue weighted by molar-refractivity contribution is 5.94. The number of piperazine rings is 1. The molecule has 14 nitrogen and oxygen atoms in total. The Labute approximate surface area is 302 Å². The molecule has 0 radical (unpaired) electrons. The van der Waals surface area contributed by atoms with E-state index in [1.54, 1.807) is 32.6 Å². The molecule has 0 unspecified atom stereocenters. The quantitative estimate of drug-likeness (QED) is 0.177. The summed E-state index contributed by atoms with van der Waals surface area (Å²) in [4.78, 5) is 48.7. The second-order valence-corrected chi connectivity index (χ2v) is 15.7. The molecule has 3 amide bonds. The normalized spacial score (nSPS) is 21.8. The molecule has 1 aliphatic heterocycles. The number of aliphatic hydroxyl groups is 5. The maximum Gasteiger partial charge on any atom is 0.274 e. The van der Waals surface area contributed by atoms with Crippen LogP contribution in [-0.4, -0.2) is 130 Å². The second kappa shape index (κ2) is 15.5. The Hall–Kier alpha value is -4.02. The standard InChI is InChI=1S/C37H51FN6O8/c1-36(2,3)25-16-26(21-10-12-24(38)13-11-21)41-44-18-27(40-32(25)44)35(52)43-15-14-42(20-37(43,4)5)34(51)23-8-6-22(7-9-23)33(50)39-17-28(46)30(48)31(49)29(47)19-45/h10-13,16,18,22-23,28-31,45-49H,6-9,14-15,17,19-20H2,1-5H3,(H,39,50)/t22?,23?,28-,29+,30+,31+/m0/s1. The molecule has 15 heteroatoms. The molecule has 1 saturated heterocycles. The smallest absolute Gasteiger partial charge is 0.274 e. The van der Waals surface area contributed by atoms with Crippen LogP contribution in [0.2, 0.25) is 0 Å². The number of fused-ring (bicyclic) bond motifs is 1. The Balaban J connectivity index is 1.19. The van der Waals surface area contributed by atoms with Crippen LogP contribution >= 0.6 is 0 Å². The highest BCUT2D eigenvalue weighted by Crippen LogP contribution is 2.33. The van der Waals surface area contributed by atoms with Gasteiger partial charge in [0.2, 0.25) is 11.8 Å². The number of amides is 3. The molecule has 1 aromatic carbocycles. The van der Waals surface area contributed by atoms with Crippen LogP contribution in [0, 0.1) is 17.7 Å². The first-order chi connectivity index (χ1) is 24.4. The van der Waals surface area contributed by atoms with E-state index in [0.717, 1.165) is 11.1 Å². The van der Waals surface area contributed by atoms with Crippen molar-refractivity contribution in [1.29, 1.82) is 0 Å². The second-order valence-electron chi connectivity index (χ2n) is 15.7. The molecular weight excluding hydrogens is 675 g/mol. The van der Waals surface area contributed by atoms with Gasteiger partial charge in [-0.2, -0.15) is 5.10 Å². The van der Waals surface area contributed by atoms with Crippen LogP contribution in [-0.2, 0) is 15.0 Å². The van der Waals surface area contributed by atoms with Gasteiger partial charge >= 0.3 is 0 Å². The lowest BCUT2D eigenvalue weighted by Gasteiger charge is -2.47. The van der Waals surface area contributed by atoms with Gasteiger partial charge in [-0.25, -0.2) is 13.9 Å². The van der Waals surface area contributed by atoms with Crippen LogP contribution < -0.4 is 5.32 Å². The molecule has 1 saturated carbocycles. The molecule has 1 aliphatic carbocycles. The van der Waals surface area contributed by atoms with Gasteiger partial charge in [0.1, 0.15) is 29.8 Å². The highest BCUT2D eigenvalue weighted by Gasteiger charge is 2.42. The summed E-state index contributed by atoms with van der Waals surface area (Å²) in [5.41, 5.74) is 2.00. The van der Waals surface area contributed by atoms with E-state index in [9.17, 15) is 39.2 Å². The first-order valence-electron chi connectivity index (χ1n) is 17.8. The number of imidazole rings is 1. The minimum absolute atomic E-state index is 0.0194. The Morgan fingerprint density at radius 3 is 2.17 bits per heavy atom. The number of nitrogens with one attached hydrogen (secondary N) is 1. The number of halogens is 1. The van der Waals surface area contributed by atoms with Crippen molar-refractivity contribution in [1.82, 2.24) is 29.7 Å². The predicted molar refractivity (Wildman–Crippen MR) is 188 cm³/mol. The number of carbonyl (C=O) groups excluding carboxylic acids is 3. The van der Waals surface area contributed by atoms with E-state index in [2.05, 4.69) is 26.1 Å². The topological polar surface area (TPSA) is 201 Å². The third-order valence-corrected chi connectivity index (χ3v) is 10.3. The largest absolute Gasteiger partial charge is 0.394 e. The fourth-order valence-corrected chi connectivity index (χ4v) is 7.15. The van der Waals surface area contributed by atoms with Gasteiger partial charge in [0.15, 0.2) is 5.65 Å². The molecule has 6 N–H and O–H groups in total. The number of carbonyl (C=O) groups is 3. The molecule has 0 bridgehead atoms. The van der Waals surface area contributed by atoms with Gasteiger partial charge in [-0.05, 0) is 75.3 Å². The molecule has 0 spiro atoms. The zero-order valence-electron chi connectivity index (χ0n) is 30.4. The van der Waals surface area contributed by atoms with E-state index in [4.69, 9.17) is 15.2 Å². The number of hydrogen-bond acceptors (Lipinski definition) is 10. The maximum atomic E-state index is 14.0. The molecule has 2 aliphatic rings. The monoisotopic (exact) mass is 726 g/mol. The highest BCUT2D eigenvalue weighted by atomic mass is 19.1. The molecule has 5 rings (SSSR count). The number of aromatic nitrogens is 3. The van der Waals surface area contributed by atoms with E-state index in [0.29, 0.717) is 56.7 Å². The first-order valence-corrected chi connectivity index (χ1v) is 17.8. The van der Waals surface area contributed by atoms with Gasteiger partial charge in [-0.15, -0.1) is 0 Å². The average Bonchev–Trinajstić information content (AvgIpc) is 3.55. The summed E-state index contributed by atoms with van der Waals surface area (Å²) in [7, 11) is 0. The third-order valence-electron chi connectivity index (χ3n) is 10.3.